The van der Waals surface area contributed by atoms with Gasteiger partial charge in [-0.15, -0.1) is 0 Å². The van der Waals surface area contributed by atoms with Crippen LogP contribution in [0.5, 0.6) is 5.88 Å². The van der Waals surface area contributed by atoms with E-state index >= 15 is 0 Å². The smallest absolute Gasteiger partial charge is 0.217 e. The first-order chi connectivity index (χ1) is 10.2. The van der Waals surface area contributed by atoms with Crippen molar-refractivity contribution in [1.29, 1.82) is 0 Å². The van der Waals surface area contributed by atoms with Crippen LogP contribution in [-0.4, -0.2) is 23.8 Å². The summed E-state index contributed by atoms with van der Waals surface area (Å²) in [7, 11) is 1.55. The monoisotopic (exact) mass is 310 g/mol. The number of rotatable bonds is 6. The van der Waals surface area contributed by atoms with Crippen LogP contribution in [0.3, 0.4) is 0 Å². The van der Waals surface area contributed by atoms with E-state index in [0.29, 0.717) is 18.0 Å². The Morgan fingerprint density at radius 2 is 2.24 bits per heavy atom. The van der Waals surface area contributed by atoms with E-state index in [1.54, 1.807) is 25.4 Å². The SMILES string of the molecule is COc1ncccc1CN[C@H](CO)c1ccc(Cl)c(F)c1. The van der Waals surface area contributed by atoms with E-state index in [4.69, 9.17) is 16.3 Å². The highest BCUT2D eigenvalue weighted by atomic mass is 35.5. The van der Waals surface area contributed by atoms with Crippen LogP contribution < -0.4 is 10.1 Å². The number of nitrogens with zero attached hydrogens (tertiary/aromatic N) is 1. The van der Waals surface area contributed by atoms with Gasteiger partial charge in [-0.25, -0.2) is 9.37 Å². The molecule has 2 rings (SSSR count). The van der Waals surface area contributed by atoms with Gasteiger partial charge in [0.25, 0.3) is 0 Å². The zero-order valence-corrected chi connectivity index (χ0v) is 12.3. The maximum Gasteiger partial charge on any atom is 0.217 e. The zero-order chi connectivity index (χ0) is 15.2. The molecular weight excluding hydrogens is 295 g/mol. The minimum Gasteiger partial charge on any atom is -0.481 e. The fourth-order valence-corrected chi connectivity index (χ4v) is 2.11. The van der Waals surface area contributed by atoms with Gasteiger partial charge in [-0.2, -0.15) is 0 Å². The number of benzene rings is 1. The molecule has 4 nitrogen and oxygen atoms in total. The van der Waals surface area contributed by atoms with Gasteiger partial charge in [0.05, 0.1) is 24.8 Å². The van der Waals surface area contributed by atoms with Gasteiger partial charge in [-0.05, 0) is 23.8 Å². The third-order valence-electron chi connectivity index (χ3n) is 3.11. The molecule has 2 N–H and O–H groups in total. The Bertz CT molecular complexity index is 610. The molecule has 0 bridgehead atoms. The number of methoxy groups -OCH3 is 1. The minimum absolute atomic E-state index is 0.0596. The number of halogens is 2. The molecule has 0 saturated heterocycles. The molecular formula is C15H16ClFN2O2. The van der Waals surface area contributed by atoms with Crippen molar-refractivity contribution in [3.63, 3.8) is 0 Å². The Hall–Kier alpha value is -1.69. The molecule has 0 spiro atoms. The van der Waals surface area contributed by atoms with Crippen molar-refractivity contribution < 1.29 is 14.2 Å². The molecule has 0 aliphatic carbocycles. The van der Waals surface area contributed by atoms with E-state index in [2.05, 4.69) is 10.3 Å². The first-order valence-electron chi connectivity index (χ1n) is 6.42. The third-order valence-corrected chi connectivity index (χ3v) is 3.42. The minimum atomic E-state index is -0.506. The van der Waals surface area contributed by atoms with E-state index < -0.39 is 11.9 Å². The molecule has 0 amide bonds. The number of ether oxygens (including phenoxy) is 1. The van der Waals surface area contributed by atoms with Crippen LogP contribution in [0.1, 0.15) is 17.2 Å². The summed E-state index contributed by atoms with van der Waals surface area (Å²) < 4.78 is 18.6. The number of hydrogen-bond acceptors (Lipinski definition) is 4. The summed E-state index contributed by atoms with van der Waals surface area (Å²) in [5.41, 5.74) is 1.48. The van der Waals surface area contributed by atoms with E-state index in [1.165, 1.54) is 12.1 Å². The third kappa shape index (κ3) is 3.91. The summed E-state index contributed by atoms with van der Waals surface area (Å²) >= 11 is 5.66. The highest BCUT2D eigenvalue weighted by molar-refractivity contribution is 6.30. The number of aliphatic hydroxyl groups is 1. The highest BCUT2D eigenvalue weighted by Gasteiger charge is 2.13. The van der Waals surface area contributed by atoms with Crippen LogP contribution in [0, 0.1) is 5.82 Å². The van der Waals surface area contributed by atoms with Gasteiger partial charge in [0.2, 0.25) is 5.88 Å². The maximum atomic E-state index is 13.5. The van der Waals surface area contributed by atoms with Gasteiger partial charge in [0, 0.05) is 18.3 Å². The average molecular weight is 311 g/mol. The molecule has 0 fully saturated rings. The van der Waals surface area contributed by atoms with Crippen LogP contribution in [0.25, 0.3) is 0 Å². The first-order valence-corrected chi connectivity index (χ1v) is 6.80. The second kappa shape index (κ2) is 7.36. The normalized spacial score (nSPS) is 12.2. The van der Waals surface area contributed by atoms with Crippen molar-refractivity contribution in [2.24, 2.45) is 0 Å². The van der Waals surface area contributed by atoms with Gasteiger partial charge < -0.3 is 15.2 Å². The Kier molecular flexibility index (Phi) is 5.50. The molecule has 0 aliphatic heterocycles. The lowest BCUT2D eigenvalue weighted by Gasteiger charge is -2.17. The number of hydrogen-bond donors (Lipinski definition) is 2. The van der Waals surface area contributed by atoms with Gasteiger partial charge in [-0.1, -0.05) is 23.7 Å². The predicted octanol–water partition coefficient (Wildman–Crippen LogP) is 2.71. The molecule has 0 radical (unpaired) electrons. The number of aliphatic hydroxyl groups excluding tert-OH is 1. The summed E-state index contributed by atoms with van der Waals surface area (Å²) in [6.45, 7) is 0.274. The fourth-order valence-electron chi connectivity index (χ4n) is 1.99. The Morgan fingerprint density at radius 1 is 1.43 bits per heavy atom. The van der Waals surface area contributed by atoms with Crippen LogP contribution in [0.15, 0.2) is 36.5 Å². The number of pyridine rings is 1. The lowest BCUT2D eigenvalue weighted by molar-refractivity contribution is 0.242. The summed E-state index contributed by atoms with van der Waals surface area (Å²) in [6.07, 6.45) is 1.64. The predicted molar refractivity (Wildman–Crippen MR) is 78.9 cm³/mol. The second-order valence-electron chi connectivity index (χ2n) is 4.46. The molecule has 6 heteroatoms. The van der Waals surface area contributed by atoms with Crippen molar-refractivity contribution in [2.45, 2.75) is 12.6 Å². The zero-order valence-electron chi connectivity index (χ0n) is 11.5. The lowest BCUT2D eigenvalue weighted by atomic mass is 10.1. The van der Waals surface area contributed by atoms with E-state index in [9.17, 15) is 9.50 Å². The largest absolute Gasteiger partial charge is 0.481 e. The van der Waals surface area contributed by atoms with E-state index in [-0.39, 0.29) is 11.6 Å². The fraction of sp³-hybridized carbons (Fsp3) is 0.267. The van der Waals surface area contributed by atoms with Crippen molar-refractivity contribution in [2.75, 3.05) is 13.7 Å². The molecule has 0 unspecified atom stereocenters. The first kappa shape index (κ1) is 15.7. The van der Waals surface area contributed by atoms with Crippen LogP contribution in [0.2, 0.25) is 5.02 Å². The average Bonchev–Trinajstić information content (AvgIpc) is 2.51. The quantitative estimate of drug-likeness (QED) is 0.861. The molecule has 0 saturated carbocycles. The van der Waals surface area contributed by atoms with Gasteiger partial charge in [0.1, 0.15) is 5.82 Å². The molecule has 1 heterocycles. The Morgan fingerprint density at radius 3 is 2.90 bits per heavy atom. The molecule has 1 aromatic carbocycles. The molecule has 1 aromatic heterocycles. The standard InChI is InChI=1S/C15H16ClFN2O2/c1-21-15-11(3-2-6-18-15)8-19-14(9-20)10-4-5-12(16)13(17)7-10/h2-7,14,19-20H,8-9H2,1H3/t14-/m1/s1. The molecule has 2 aromatic rings. The highest BCUT2D eigenvalue weighted by Crippen LogP contribution is 2.21. The molecule has 21 heavy (non-hydrogen) atoms. The number of nitrogens with one attached hydrogen (secondary N) is 1. The summed E-state index contributed by atoms with van der Waals surface area (Å²) in [4.78, 5) is 4.10. The van der Waals surface area contributed by atoms with Gasteiger partial charge >= 0.3 is 0 Å². The summed E-state index contributed by atoms with van der Waals surface area (Å²) in [6, 6.07) is 7.74. The second-order valence-corrected chi connectivity index (χ2v) is 4.87. The van der Waals surface area contributed by atoms with Crippen LogP contribution >= 0.6 is 11.6 Å². The lowest BCUT2D eigenvalue weighted by Crippen LogP contribution is -2.24. The Balaban J connectivity index is 2.10. The van der Waals surface area contributed by atoms with Crippen molar-refractivity contribution in [3.8, 4) is 5.88 Å². The topological polar surface area (TPSA) is 54.4 Å². The molecule has 1 atom stereocenters. The summed E-state index contributed by atoms with van der Waals surface area (Å²) in [5, 5.41) is 12.7. The van der Waals surface area contributed by atoms with Gasteiger partial charge in [-0.3, -0.25) is 0 Å². The van der Waals surface area contributed by atoms with E-state index in [1.807, 2.05) is 6.07 Å². The number of aromatic nitrogens is 1. The van der Waals surface area contributed by atoms with Crippen LogP contribution in [-0.2, 0) is 6.54 Å². The van der Waals surface area contributed by atoms with Gasteiger partial charge in [0.15, 0.2) is 0 Å². The van der Waals surface area contributed by atoms with E-state index in [0.717, 1.165) is 5.56 Å². The van der Waals surface area contributed by atoms with Crippen LogP contribution in [0.4, 0.5) is 4.39 Å². The maximum absolute atomic E-state index is 13.5. The Labute approximate surface area is 127 Å². The molecule has 0 aliphatic rings. The van der Waals surface area contributed by atoms with Crippen molar-refractivity contribution >= 4 is 11.6 Å². The van der Waals surface area contributed by atoms with Crippen molar-refractivity contribution in [3.05, 3.63) is 58.5 Å². The van der Waals surface area contributed by atoms with Crippen molar-refractivity contribution in [1.82, 2.24) is 10.3 Å². The molecule has 112 valence electrons. The summed E-state index contributed by atoms with van der Waals surface area (Å²) in [5.74, 6) is 0.0114.